The Labute approximate surface area is 96.0 Å². The molecule has 0 saturated carbocycles. The van der Waals surface area contributed by atoms with Gasteiger partial charge in [-0.3, -0.25) is 0 Å². The number of nitrogens with zero attached hydrogens (tertiary/aromatic N) is 1. The molecule has 15 heavy (non-hydrogen) atoms. The minimum absolute atomic E-state index is 0.348. The minimum atomic E-state index is 0.348. The fraction of sp³-hybridized carbons (Fsp3) is 0.545. The number of hydrogen-bond acceptors (Lipinski definition) is 3. The highest BCUT2D eigenvalue weighted by atomic mass is 35.5. The van der Waals surface area contributed by atoms with Crippen molar-refractivity contribution in [3.63, 3.8) is 0 Å². The van der Waals surface area contributed by atoms with Crippen molar-refractivity contribution in [1.29, 1.82) is 0 Å². The zero-order chi connectivity index (χ0) is 11.1. The zero-order valence-corrected chi connectivity index (χ0v) is 9.80. The van der Waals surface area contributed by atoms with Crippen LogP contribution in [0.15, 0.2) is 18.3 Å². The molecule has 0 spiro atoms. The largest absolute Gasteiger partial charge is 0.330 e. The molecule has 3 nitrogen and oxygen atoms in total. The van der Waals surface area contributed by atoms with Crippen LogP contribution in [0.25, 0.3) is 0 Å². The summed E-state index contributed by atoms with van der Waals surface area (Å²) in [5, 5.41) is 3.98. The lowest BCUT2D eigenvalue weighted by atomic mass is 10.1. The number of pyridine rings is 1. The minimum Gasteiger partial charge on any atom is -0.330 e. The number of nitrogens with one attached hydrogen (secondary N) is 1. The van der Waals surface area contributed by atoms with E-state index in [2.05, 4.69) is 17.2 Å². The summed E-state index contributed by atoms with van der Waals surface area (Å²) >= 11 is 5.74. The molecule has 0 fully saturated rings. The predicted octanol–water partition coefficient (Wildman–Crippen LogP) is 2.12. The molecule has 84 valence electrons. The summed E-state index contributed by atoms with van der Waals surface area (Å²) < 4.78 is 0. The van der Waals surface area contributed by atoms with Crippen LogP contribution in [-0.2, 0) is 0 Å². The van der Waals surface area contributed by atoms with Gasteiger partial charge in [0.25, 0.3) is 0 Å². The van der Waals surface area contributed by atoms with E-state index in [1.807, 2.05) is 18.3 Å². The fourth-order valence-corrected chi connectivity index (χ4v) is 1.58. The molecule has 0 aliphatic carbocycles. The smallest absolute Gasteiger partial charge is 0.129 e. The van der Waals surface area contributed by atoms with Gasteiger partial charge in [-0.05, 0) is 37.6 Å². The number of hydrogen-bond donors (Lipinski definition) is 2. The van der Waals surface area contributed by atoms with Gasteiger partial charge in [-0.2, -0.15) is 0 Å². The molecule has 1 unspecified atom stereocenters. The van der Waals surface area contributed by atoms with Crippen molar-refractivity contribution in [1.82, 2.24) is 10.3 Å². The Morgan fingerprint density at radius 3 is 2.87 bits per heavy atom. The normalized spacial score (nSPS) is 12.7. The maximum Gasteiger partial charge on any atom is 0.129 e. The third-order valence-electron chi connectivity index (χ3n) is 2.33. The van der Waals surface area contributed by atoms with Crippen molar-refractivity contribution in [2.75, 3.05) is 13.1 Å². The molecule has 3 N–H and O–H groups in total. The first-order valence-electron chi connectivity index (χ1n) is 5.32. The highest BCUT2D eigenvalue weighted by molar-refractivity contribution is 6.29. The van der Waals surface area contributed by atoms with Gasteiger partial charge in [-0.1, -0.05) is 24.6 Å². The van der Waals surface area contributed by atoms with Crippen molar-refractivity contribution in [3.8, 4) is 0 Å². The molecule has 1 aromatic rings. The Morgan fingerprint density at radius 1 is 1.53 bits per heavy atom. The van der Waals surface area contributed by atoms with Crippen molar-refractivity contribution < 1.29 is 0 Å². The number of aromatic nitrogens is 1. The summed E-state index contributed by atoms with van der Waals surface area (Å²) in [4.78, 5) is 4.08. The lowest BCUT2D eigenvalue weighted by Gasteiger charge is -2.16. The summed E-state index contributed by atoms with van der Waals surface area (Å²) in [6.45, 7) is 3.81. The standard InChI is InChI=1S/C11H18ClN3/c1-2-10(14-7-3-6-13)9-4-5-11(12)15-8-9/h4-5,8,10,14H,2-3,6-7,13H2,1H3. The number of nitrogens with two attached hydrogens (primary N) is 1. The average molecular weight is 228 g/mol. The Balaban J connectivity index is 2.53. The predicted molar refractivity (Wildman–Crippen MR) is 64.0 cm³/mol. The Bertz CT molecular complexity index is 274. The molecule has 0 aliphatic heterocycles. The first-order chi connectivity index (χ1) is 7.27. The number of rotatable bonds is 6. The van der Waals surface area contributed by atoms with Crippen LogP contribution in [0.3, 0.4) is 0 Å². The van der Waals surface area contributed by atoms with E-state index in [0.717, 1.165) is 25.9 Å². The van der Waals surface area contributed by atoms with Gasteiger partial charge in [0, 0.05) is 12.2 Å². The van der Waals surface area contributed by atoms with E-state index in [1.165, 1.54) is 5.56 Å². The van der Waals surface area contributed by atoms with Crippen LogP contribution in [0.5, 0.6) is 0 Å². The van der Waals surface area contributed by atoms with Gasteiger partial charge in [0.05, 0.1) is 0 Å². The summed E-state index contributed by atoms with van der Waals surface area (Å²) in [6, 6.07) is 4.18. The molecule has 0 bridgehead atoms. The molecular weight excluding hydrogens is 210 g/mol. The molecule has 1 aromatic heterocycles. The van der Waals surface area contributed by atoms with Crippen LogP contribution in [-0.4, -0.2) is 18.1 Å². The van der Waals surface area contributed by atoms with Crippen molar-refractivity contribution in [3.05, 3.63) is 29.0 Å². The van der Waals surface area contributed by atoms with E-state index in [0.29, 0.717) is 11.2 Å². The molecule has 0 aliphatic rings. The fourth-order valence-electron chi connectivity index (χ4n) is 1.47. The SMILES string of the molecule is CCC(NCCCN)c1ccc(Cl)nc1. The Kier molecular flexibility index (Phi) is 5.61. The van der Waals surface area contributed by atoms with E-state index in [1.54, 1.807) is 0 Å². The maximum absolute atomic E-state index is 5.74. The van der Waals surface area contributed by atoms with Crippen LogP contribution < -0.4 is 11.1 Å². The van der Waals surface area contributed by atoms with E-state index in [4.69, 9.17) is 17.3 Å². The molecular formula is C11H18ClN3. The molecule has 4 heteroatoms. The van der Waals surface area contributed by atoms with E-state index < -0.39 is 0 Å². The maximum atomic E-state index is 5.74. The van der Waals surface area contributed by atoms with Crippen LogP contribution in [0.2, 0.25) is 5.15 Å². The van der Waals surface area contributed by atoms with Gasteiger partial charge in [0.2, 0.25) is 0 Å². The average Bonchev–Trinajstić information content (AvgIpc) is 2.26. The van der Waals surface area contributed by atoms with Crippen molar-refractivity contribution in [2.45, 2.75) is 25.8 Å². The topological polar surface area (TPSA) is 50.9 Å². The van der Waals surface area contributed by atoms with E-state index in [-0.39, 0.29) is 0 Å². The summed E-state index contributed by atoms with van der Waals surface area (Å²) in [7, 11) is 0. The second-order valence-electron chi connectivity index (χ2n) is 3.47. The van der Waals surface area contributed by atoms with Crippen LogP contribution >= 0.6 is 11.6 Å². The van der Waals surface area contributed by atoms with Gasteiger partial charge in [0.15, 0.2) is 0 Å². The monoisotopic (exact) mass is 227 g/mol. The molecule has 1 atom stereocenters. The van der Waals surface area contributed by atoms with Crippen LogP contribution in [0.1, 0.15) is 31.4 Å². The first kappa shape index (κ1) is 12.4. The number of halogens is 1. The molecule has 0 aromatic carbocycles. The third kappa shape index (κ3) is 4.16. The first-order valence-corrected chi connectivity index (χ1v) is 5.70. The summed E-state index contributed by atoms with van der Waals surface area (Å²) in [6.07, 6.45) is 3.86. The highest BCUT2D eigenvalue weighted by Gasteiger charge is 2.07. The van der Waals surface area contributed by atoms with Gasteiger partial charge in [-0.15, -0.1) is 0 Å². The van der Waals surface area contributed by atoms with Crippen LogP contribution in [0.4, 0.5) is 0 Å². The molecule has 0 radical (unpaired) electrons. The molecule has 1 heterocycles. The van der Waals surface area contributed by atoms with E-state index >= 15 is 0 Å². The second-order valence-corrected chi connectivity index (χ2v) is 3.86. The van der Waals surface area contributed by atoms with Crippen LogP contribution in [0, 0.1) is 0 Å². The summed E-state index contributed by atoms with van der Waals surface area (Å²) in [5.74, 6) is 0. The van der Waals surface area contributed by atoms with E-state index in [9.17, 15) is 0 Å². The Hall–Kier alpha value is -0.640. The lowest BCUT2D eigenvalue weighted by molar-refractivity contribution is 0.511. The van der Waals surface area contributed by atoms with Crippen molar-refractivity contribution >= 4 is 11.6 Å². The zero-order valence-electron chi connectivity index (χ0n) is 9.04. The lowest BCUT2D eigenvalue weighted by Crippen LogP contribution is -2.23. The molecule has 0 saturated heterocycles. The second kappa shape index (κ2) is 6.77. The Morgan fingerprint density at radius 2 is 2.33 bits per heavy atom. The molecule has 0 amide bonds. The van der Waals surface area contributed by atoms with Gasteiger partial charge in [-0.25, -0.2) is 4.98 Å². The van der Waals surface area contributed by atoms with Gasteiger partial charge < -0.3 is 11.1 Å². The van der Waals surface area contributed by atoms with Gasteiger partial charge in [0.1, 0.15) is 5.15 Å². The van der Waals surface area contributed by atoms with Crippen molar-refractivity contribution in [2.24, 2.45) is 5.73 Å². The highest BCUT2D eigenvalue weighted by Crippen LogP contribution is 2.16. The molecule has 1 rings (SSSR count). The third-order valence-corrected chi connectivity index (χ3v) is 2.56. The van der Waals surface area contributed by atoms with Gasteiger partial charge >= 0.3 is 0 Å². The summed E-state index contributed by atoms with van der Waals surface area (Å²) in [5.41, 5.74) is 6.62. The quantitative estimate of drug-likeness (QED) is 0.578.